The lowest BCUT2D eigenvalue weighted by Crippen LogP contribution is -2.00. The Bertz CT molecular complexity index is 388. The normalized spacial score (nSPS) is 20.1. The van der Waals surface area contributed by atoms with Crippen molar-refractivity contribution in [3.63, 3.8) is 0 Å². The second kappa shape index (κ2) is 4.87. The van der Waals surface area contributed by atoms with Crippen LogP contribution < -0.4 is 0 Å². The molecule has 0 spiro atoms. The highest BCUT2D eigenvalue weighted by molar-refractivity contribution is 6.30. The van der Waals surface area contributed by atoms with Crippen LogP contribution in [0.2, 0.25) is 0 Å². The molecule has 2 heteroatoms. The zero-order chi connectivity index (χ0) is 10.7. The lowest BCUT2D eigenvalue weighted by molar-refractivity contribution is 0.837. The average molecular weight is 239 g/mol. The molecule has 78 valence electrons. The van der Waals surface area contributed by atoms with Gasteiger partial charge in [0.25, 0.3) is 0 Å². The summed E-state index contributed by atoms with van der Waals surface area (Å²) in [6.07, 6.45) is 7.10. The van der Waals surface area contributed by atoms with E-state index in [0.717, 1.165) is 17.0 Å². The first-order chi connectivity index (χ1) is 7.31. The van der Waals surface area contributed by atoms with E-state index < -0.39 is 0 Å². The largest absolute Gasteiger partial charge is 0.122 e. The van der Waals surface area contributed by atoms with E-state index >= 15 is 0 Å². The lowest BCUT2D eigenvalue weighted by Gasteiger charge is -2.17. The van der Waals surface area contributed by atoms with Gasteiger partial charge in [-0.1, -0.05) is 48.0 Å². The van der Waals surface area contributed by atoms with Crippen molar-refractivity contribution in [1.82, 2.24) is 0 Å². The number of halogens is 2. The quantitative estimate of drug-likeness (QED) is 0.662. The summed E-state index contributed by atoms with van der Waals surface area (Å²) in [7, 11) is 0. The Morgan fingerprint density at radius 3 is 2.53 bits per heavy atom. The second-order valence-electron chi connectivity index (χ2n) is 3.64. The summed E-state index contributed by atoms with van der Waals surface area (Å²) in [5.41, 5.74) is 2.40. The Balaban J connectivity index is 2.23. The molecule has 0 aliphatic heterocycles. The molecule has 2 rings (SSSR count). The standard InChI is InChI=1S/C13H12Cl2/c14-9-10-5-7-11(8-6-10)12-3-1-2-4-13(12)15/h1-2,4-8,12H,3,9H2. The van der Waals surface area contributed by atoms with Crippen LogP contribution >= 0.6 is 23.2 Å². The number of rotatable bonds is 2. The maximum absolute atomic E-state index is 6.17. The third-order valence-corrected chi connectivity index (χ3v) is 3.33. The maximum atomic E-state index is 6.17. The fraction of sp³-hybridized carbons (Fsp3) is 0.231. The number of hydrogen-bond donors (Lipinski definition) is 0. The van der Waals surface area contributed by atoms with Crippen LogP contribution in [0.15, 0.2) is 47.5 Å². The zero-order valence-corrected chi connectivity index (χ0v) is 9.80. The third kappa shape index (κ3) is 2.45. The number of hydrogen-bond acceptors (Lipinski definition) is 0. The molecule has 1 aromatic rings. The topological polar surface area (TPSA) is 0 Å². The Labute approximate surface area is 100 Å². The maximum Gasteiger partial charge on any atom is 0.0474 e. The predicted octanol–water partition coefficient (Wildman–Crippen LogP) is 4.59. The first-order valence-electron chi connectivity index (χ1n) is 4.98. The first-order valence-corrected chi connectivity index (χ1v) is 5.89. The summed E-state index contributed by atoms with van der Waals surface area (Å²) in [4.78, 5) is 0. The summed E-state index contributed by atoms with van der Waals surface area (Å²) in [5.74, 6) is 0.884. The second-order valence-corrected chi connectivity index (χ2v) is 4.35. The third-order valence-electron chi connectivity index (χ3n) is 2.63. The van der Waals surface area contributed by atoms with E-state index in [1.54, 1.807) is 0 Å². The van der Waals surface area contributed by atoms with Crippen LogP contribution in [0.4, 0.5) is 0 Å². The van der Waals surface area contributed by atoms with Crippen LogP contribution in [-0.4, -0.2) is 0 Å². The fourth-order valence-electron chi connectivity index (χ4n) is 1.74. The molecule has 1 aliphatic rings. The minimum absolute atomic E-state index is 0.320. The van der Waals surface area contributed by atoms with Gasteiger partial charge in [-0.15, -0.1) is 11.6 Å². The van der Waals surface area contributed by atoms with Crippen molar-refractivity contribution < 1.29 is 0 Å². The van der Waals surface area contributed by atoms with Crippen LogP contribution in [0.25, 0.3) is 0 Å². The molecular weight excluding hydrogens is 227 g/mol. The lowest BCUT2D eigenvalue weighted by atomic mass is 9.92. The van der Waals surface area contributed by atoms with E-state index in [1.165, 1.54) is 5.56 Å². The minimum Gasteiger partial charge on any atom is -0.122 e. The summed E-state index contributed by atoms with van der Waals surface area (Å²) in [6, 6.07) is 8.34. The summed E-state index contributed by atoms with van der Waals surface area (Å²) in [5, 5.41) is 0.913. The molecule has 1 atom stereocenters. The molecule has 0 saturated carbocycles. The Hall–Kier alpha value is -0.720. The molecule has 0 amide bonds. The van der Waals surface area contributed by atoms with Gasteiger partial charge in [0.05, 0.1) is 0 Å². The highest BCUT2D eigenvalue weighted by Crippen LogP contribution is 2.33. The monoisotopic (exact) mass is 238 g/mol. The molecule has 15 heavy (non-hydrogen) atoms. The van der Waals surface area contributed by atoms with E-state index in [4.69, 9.17) is 23.2 Å². The van der Waals surface area contributed by atoms with Crippen LogP contribution in [-0.2, 0) is 5.88 Å². The van der Waals surface area contributed by atoms with Crippen LogP contribution in [0.5, 0.6) is 0 Å². The molecule has 1 unspecified atom stereocenters. The van der Waals surface area contributed by atoms with Crippen molar-refractivity contribution in [3.8, 4) is 0 Å². The summed E-state index contributed by atoms with van der Waals surface area (Å²) in [6.45, 7) is 0. The van der Waals surface area contributed by atoms with Gasteiger partial charge in [-0.25, -0.2) is 0 Å². The number of alkyl halides is 1. The molecule has 0 radical (unpaired) electrons. The van der Waals surface area contributed by atoms with Gasteiger partial charge in [-0.3, -0.25) is 0 Å². The van der Waals surface area contributed by atoms with Crippen molar-refractivity contribution in [2.75, 3.05) is 0 Å². The van der Waals surface area contributed by atoms with Crippen LogP contribution in [0, 0.1) is 0 Å². The van der Waals surface area contributed by atoms with Gasteiger partial charge in [0.1, 0.15) is 0 Å². The SMILES string of the molecule is ClCc1ccc(C2CC=CC=C2Cl)cc1. The molecule has 1 aliphatic carbocycles. The molecule has 0 heterocycles. The minimum atomic E-state index is 0.320. The smallest absolute Gasteiger partial charge is 0.0474 e. The van der Waals surface area contributed by atoms with Crippen molar-refractivity contribution in [2.45, 2.75) is 18.2 Å². The van der Waals surface area contributed by atoms with Crippen molar-refractivity contribution in [3.05, 3.63) is 58.7 Å². The van der Waals surface area contributed by atoms with Crippen molar-refractivity contribution in [1.29, 1.82) is 0 Å². The molecule has 0 nitrogen and oxygen atoms in total. The van der Waals surface area contributed by atoms with E-state index in [1.807, 2.05) is 12.2 Å². The van der Waals surface area contributed by atoms with E-state index in [9.17, 15) is 0 Å². The Morgan fingerprint density at radius 1 is 1.20 bits per heavy atom. The Kier molecular flexibility index (Phi) is 3.50. The number of allylic oxidation sites excluding steroid dienone is 4. The highest BCUT2D eigenvalue weighted by Gasteiger charge is 2.15. The van der Waals surface area contributed by atoms with Gasteiger partial charge in [-0.2, -0.15) is 0 Å². The first kappa shape index (κ1) is 10.8. The molecule has 0 saturated heterocycles. The van der Waals surface area contributed by atoms with Gasteiger partial charge in [0.2, 0.25) is 0 Å². The van der Waals surface area contributed by atoms with Gasteiger partial charge >= 0.3 is 0 Å². The molecule has 0 aromatic heterocycles. The predicted molar refractivity (Wildman–Crippen MR) is 66.4 cm³/mol. The van der Waals surface area contributed by atoms with Crippen LogP contribution in [0.1, 0.15) is 23.5 Å². The molecule has 0 fully saturated rings. The molecule has 1 aromatic carbocycles. The van der Waals surface area contributed by atoms with Gasteiger partial charge in [0, 0.05) is 16.8 Å². The van der Waals surface area contributed by atoms with E-state index in [0.29, 0.717) is 11.8 Å². The summed E-state index contributed by atoms with van der Waals surface area (Å²) >= 11 is 11.9. The zero-order valence-electron chi connectivity index (χ0n) is 8.29. The van der Waals surface area contributed by atoms with Gasteiger partial charge in [-0.05, 0) is 23.6 Å². The summed E-state index contributed by atoms with van der Waals surface area (Å²) < 4.78 is 0. The van der Waals surface area contributed by atoms with E-state index in [2.05, 4.69) is 30.3 Å². The fourth-order valence-corrected chi connectivity index (χ4v) is 2.20. The van der Waals surface area contributed by atoms with Crippen molar-refractivity contribution in [2.24, 2.45) is 0 Å². The van der Waals surface area contributed by atoms with Gasteiger partial charge in [0.15, 0.2) is 0 Å². The van der Waals surface area contributed by atoms with Crippen molar-refractivity contribution >= 4 is 23.2 Å². The number of benzene rings is 1. The van der Waals surface area contributed by atoms with Gasteiger partial charge < -0.3 is 0 Å². The molecule has 0 bridgehead atoms. The van der Waals surface area contributed by atoms with E-state index in [-0.39, 0.29) is 0 Å². The average Bonchev–Trinajstić information content (AvgIpc) is 2.30. The Morgan fingerprint density at radius 2 is 1.93 bits per heavy atom. The molecular formula is C13H12Cl2. The molecule has 0 N–H and O–H groups in total. The highest BCUT2D eigenvalue weighted by atomic mass is 35.5. The van der Waals surface area contributed by atoms with Crippen LogP contribution in [0.3, 0.4) is 0 Å².